The van der Waals surface area contributed by atoms with Gasteiger partial charge in [-0.25, -0.2) is 9.97 Å². The molecule has 1 saturated heterocycles. The molecule has 3 heterocycles. The van der Waals surface area contributed by atoms with Crippen molar-refractivity contribution in [3.63, 3.8) is 0 Å². The van der Waals surface area contributed by atoms with E-state index in [1.165, 1.54) is 12.1 Å². The van der Waals surface area contributed by atoms with Gasteiger partial charge >= 0.3 is 0 Å². The van der Waals surface area contributed by atoms with Gasteiger partial charge in [-0.2, -0.15) is 8.42 Å². The van der Waals surface area contributed by atoms with Crippen molar-refractivity contribution in [2.45, 2.75) is 44.7 Å². The van der Waals surface area contributed by atoms with Crippen LogP contribution in [0.15, 0.2) is 47.5 Å². The molecular weight excluding hydrogens is 442 g/mol. The summed E-state index contributed by atoms with van der Waals surface area (Å²) in [5.41, 5.74) is 8.06. The highest BCUT2D eigenvalue weighted by Gasteiger charge is 2.38. The van der Waals surface area contributed by atoms with Crippen LogP contribution in [0.5, 0.6) is 0 Å². The Kier molecular flexibility index (Phi) is 5.58. The van der Waals surface area contributed by atoms with Crippen LogP contribution >= 0.6 is 12.2 Å². The number of aryl methyl sites for hydroxylation is 1. The molecule has 32 heavy (non-hydrogen) atoms. The minimum atomic E-state index is -4.00. The number of nitrogen functional groups attached to an aromatic ring is 1. The Hall–Kier alpha value is -2.78. The molecule has 7 nitrogen and oxygen atoms in total. The van der Waals surface area contributed by atoms with Crippen LogP contribution in [0.3, 0.4) is 0 Å². The zero-order valence-corrected chi connectivity index (χ0v) is 20.2. The molecule has 0 bridgehead atoms. The van der Waals surface area contributed by atoms with Gasteiger partial charge < -0.3 is 10.6 Å². The van der Waals surface area contributed by atoms with Crippen molar-refractivity contribution >= 4 is 49.8 Å². The molecule has 9 heteroatoms. The predicted octanol–water partition coefficient (Wildman–Crippen LogP) is 3.80. The van der Waals surface area contributed by atoms with Crippen molar-refractivity contribution in [1.82, 2.24) is 14.7 Å². The fourth-order valence-corrected chi connectivity index (χ4v) is 5.83. The molecule has 168 valence electrons. The lowest BCUT2D eigenvalue weighted by molar-refractivity contribution is 0.486. The molecule has 0 amide bonds. The highest BCUT2D eigenvalue weighted by atomic mass is 32.2. The smallest absolute Gasteiger partial charge is 0.280 e. The number of sulfonamides is 1. The Morgan fingerprint density at radius 2 is 1.97 bits per heavy atom. The standard InChI is InChI=1S/C23H27N5O2S2/c1-14-8-9-16-11-17(22(31)27-32(29,30)20-7-5-6-19(24)26-20)21(25-18(16)10-14)28-13-15(2)12-23(28,3)4/h5-11,15H,12-13H2,1-4H3,(H2,24,26)(H,27,31)/t15-/m0/s1. The highest BCUT2D eigenvalue weighted by molar-refractivity contribution is 7.92. The molecule has 0 saturated carbocycles. The van der Waals surface area contributed by atoms with Crippen LogP contribution in [0.1, 0.15) is 38.3 Å². The van der Waals surface area contributed by atoms with Gasteiger partial charge in [0.15, 0.2) is 5.03 Å². The van der Waals surface area contributed by atoms with E-state index in [1.54, 1.807) is 6.07 Å². The number of pyridine rings is 2. The number of thiocarbonyl (C=S) groups is 1. The number of hydrogen-bond acceptors (Lipinski definition) is 7. The number of nitrogens with zero attached hydrogens (tertiary/aromatic N) is 3. The topological polar surface area (TPSA) is 101 Å². The minimum Gasteiger partial charge on any atom is -0.384 e. The number of hydrogen-bond donors (Lipinski definition) is 2. The van der Waals surface area contributed by atoms with E-state index >= 15 is 0 Å². The monoisotopic (exact) mass is 469 g/mol. The van der Waals surface area contributed by atoms with E-state index in [2.05, 4.69) is 35.4 Å². The number of benzene rings is 1. The molecule has 3 N–H and O–H groups in total. The molecule has 0 radical (unpaired) electrons. The molecule has 3 aromatic rings. The van der Waals surface area contributed by atoms with Crippen LogP contribution in [-0.4, -0.2) is 35.5 Å². The second-order valence-electron chi connectivity index (χ2n) is 9.12. The van der Waals surface area contributed by atoms with Crippen molar-refractivity contribution in [3.05, 3.63) is 53.6 Å². The summed E-state index contributed by atoms with van der Waals surface area (Å²) in [6, 6.07) is 12.4. The molecule has 4 rings (SSSR count). The lowest BCUT2D eigenvalue weighted by atomic mass is 9.97. The highest BCUT2D eigenvalue weighted by Crippen LogP contribution is 2.38. The van der Waals surface area contributed by atoms with Gasteiger partial charge in [-0.1, -0.05) is 37.3 Å². The molecule has 1 atom stereocenters. The average molecular weight is 470 g/mol. The SMILES string of the molecule is Cc1ccc2cc(C(=S)NS(=O)(=O)c3cccc(N)n3)c(N3C[C@@H](C)CC3(C)C)nc2c1. The number of rotatable bonds is 4. The van der Waals surface area contributed by atoms with Crippen LogP contribution in [0.2, 0.25) is 0 Å². The quantitative estimate of drug-likeness (QED) is 0.561. The van der Waals surface area contributed by atoms with Crippen molar-refractivity contribution in [3.8, 4) is 0 Å². The summed E-state index contributed by atoms with van der Waals surface area (Å²) in [5, 5.41) is 0.712. The van der Waals surface area contributed by atoms with Gasteiger partial charge in [0.05, 0.1) is 11.1 Å². The van der Waals surface area contributed by atoms with Crippen LogP contribution in [0.4, 0.5) is 11.6 Å². The number of nitrogens with two attached hydrogens (primary N) is 1. The summed E-state index contributed by atoms with van der Waals surface area (Å²) in [4.78, 5) is 11.2. The van der Waals surface area contributed by atoms with Crippen molar-refractivity contribution < 1.29 is 8.42 Å². The second kappa shape index (κ2) is 7.97. The predicted molar refractivity (Wildman–Crippen MR) is 132 cm³/mol. The summed E-state index contributed by atoms with van der Waals surface area (Å²) >= 11 is 5.60. The van der Waals surface area contributed by atoms with Crippen LogP contribution in [0, 0.1) is 12.8 Å². The van der Waals surface area contributed by atoms with E-state index in [0.29, 0.717) is 17.3 Å². The Balaban J connectivity index is 1.81. The maximum Gasteiger partial charge on any atom is 0.280 e. The number of nitrogens with one attached hydrogen (secondary N) is 1. The van der Waals surface area contributed by atoms with Crippen LogP contribution in [-0.2, 0) is 10.0 Å². The molecule has 1 aliphatic rings. The van der Waals surface area contributed by atoms with E-state index in [9.17, 15) is 8.42 Å². The number of aromatic nitrogens is 2. The first-order valence-electron chi connectivity index (χ1n) is 10.4. The van der Waals surface area contributed by atoms with Gasteiger partial charge in [0.2, 0.25) is 0 Å². The van der Waals surface area contributed by atoms with E-state index in [-0.39, 0.29) is 21.4 Å². The molecule has 1 aliphatic heterocycles. The Bertz CT molecular complexity index is 1320. The lowest BCUT2D eigenvalue weighted by Crippen LogP contribution is -2.40. The van der Waals surface area contributed by atoms with Crippen LogP contribution < -0.4 is 15.4 Å². The van der Waals surface area contributed by atoms with Crippen molar-refractivity contribution in [1.29, 1.82) is 0 Å². The molecule has 0 spiro atoms. The number of fused-ring (bicyclic) bond motifs is 1. The van der Waals surface area contributed by atoms with E-state index in [0.717, 1.165) is 29.4 Å². The second-order valence-corrected chi connectivity index (χ2v) is 11.2. The molecule has 1 fully saturated rings. The molecule has 1 aromatic carbocycles. The van der Waals surface area contributed by atoms with E-state index in [1.807, 2.05) is 31.2 Å². The zero-order chi connectivity index (χ0) is 23.3. The van der Waals surface area contributed by atoms with E-state index < -0.39 is 10.0 Å². The first-order valence-corrected chi connectivity index (χ1v) is 12.3. The summed E-state index contributed by atoms with van der Waals surface area (Å²) in [5.74, 6) is 1.29. The third kappa shape index (κ3) is 4.27. The fourth-order valence-electron chi connectivity index (χ4n) is 4.41. The summed E-state index contributed by atoms with van der Waals surface area (Å²) in [6.07, 6.45) is 1.01. The maximum atomic E-state index is 12.9. The van der Waals surface area contributed by atoms with Gasteiger partial charge in [-0.05, 0) is 62.9 Å². The Morgan fingerprint density at radius 1 is 1.22 bits per heavy atom. The Labute approximate surface area is 194 Å². The fraction of sp³-hybridized carbons (Fsp3) is 0.348. The first kappa shape index (κ1) is 22.4. The first-order chi connectivity index (χ1) is 15.0. The van der Waals surface area contributed by atoms with Gasteiger partial charge in [-0.3, -0.25) is 4.72 Å². The molecule has 0 aliphatic carbocycles. The Morgan fingerprint density at radius 3 is 2.62 bits per heavy atom. The summed E-state index contributed by atoms with van der Waals surface area (Å²) in [6.45, 7) is 9.39. The zero-order valence-electron chi connectivity index (χ0n) is 18.6. The van der Waals surface area contributed by atoms with Gasteiger partial charge in [0.25, 0.3) is 10.0 Å². The number of anilines is 2. The normalized spacial score (nSPS) is 18.1. The minimum absolute atomic E-state index is 0.0783. The maximum absolute atomic E-state index is 12.9. The summed E-state index contributed by atoms with van der Waals surface area (Å²) in [7, 11) is -4.00. The largest absolute Gasteiger partial charge is 0.384 e. The van der Waals surface area contributed by atoms with Gasteiger partial charge in [-0.15, -0.1) is 0 Å². The molecule has 0 unspecified atom stereocenters. The van der Waals surface area contributed by atoms with Gasteiger partial charge in [0, 0.05) is 17.5 Å². The van der Waals surface area contributed by atoms with Crippen LogP contribution in [0.25, 0.3) is 10.9 Å². The van der Waals surface area contributed by atoms with Gasteiger partial charge in [0.1, 0.15) is 16.6 Å². The molecule has 2 aromatic heterocycles. The third-order valence-electron chi connectivity index (χ3n) is 5.77. The average Bonchev–Trinajstić information content (AvgIpc) is 2.98. The van der Waals surface area contributed by atoms with Crippen molar-refractivity contribution in [2.24, 2.45) is 5.92 Å². The third-order valence-corrected chi connectivity index (χ3v) is 7.48. The van der Waals surface area contributed by atoms with E-state index in [4.69, 9.17) is 22.9 Å². The van der Waals surface area contributed by atoms with Crippen molar-refractivity contribution in [2.75, 3.05) is 17.2 Å². The lowest BCUT2D eigenvalue weighted by Gasteiger charge is -2.34. The summed E-state index contributed by atoms with van der Waals surface area (Å²) < 4.78 is 28.4. The molecular formula is C23H27N5O2S2.